The van der Waals surface area contributed by atoms with Crippen LogP contribution in [0.2, 0.25) is 0 Å². The minimum Gasteiger partial charge on any atom is -0.490 e. The first-order chi connectivity index (χ1) is 8.99. The van der Waals surface area contributed by atoms with Crippen molar-refractivity contribution in [1.29, 1.82) is 0 Å². The van der Waals surface area contributed by atoms with E-state index >= 15 is 0 Å². The monoisotopic (exact) mass is 324 g/mol. The Morgan fingerprint density at radius 2 is 1.89 bits per heavy atom. The lowest BCUT2D eigenvalue weighted by molar-refractivity contribution is 0.00749. The molecule has 100 valence electrons. The average Bonchev–Trinajstić information content (AvgIpc) is 2.41. The number of hydrogen-bond donors (Lipinski definition) is 1. The largest absolute Gasteiger partial charge is 0.490 e. The van der Waals surface area contributed by atoms with Crippen molar-refractivity contribution in [3.63, 3.8) is 0 Å². The van der Waals surface area contributed by atoms with Crippen LogP contribution in [0.5, 0.6) is 5.75 Å². The first-order valence-corrected chi connectivity index (χ1v) is 6.64. The Kier molecular flexibility index (Phi) is 4.22. The van der Waals surface area contributed by atoms with E-state index in [0.29, 0.717) is 10.2 Å². The zero-order valence-corrected chi connectivity index (χ0v) is 12.0. The third-order valence-electron chi connectivity index (χ3n) is 2.81. The molecule has 19 heavy (non-hydrogen) atoms. The molecule has 4 heteroatoms. The molecule has 0 aliphatic rings. The molecule has 1 atom stereocenters. The van der Waals surface area contributed by atoms with E-state index in [1.807, 2.05) is 30.3 Å². The van der Waals surface area contributed by atoms with Gasteiger partial charge in [0.1, 0.15) is 23.8 Å². The van der Waals surface area contributed by atoms with E-state index in [-0.39, 0.29) is 6.61 Å². The van der Waals surface area contributed by atoms with Crippen LogP contribution in [0.15, 0.2) is 53.0 Å². The van der Waals surface area contributed by atoms with Crippen LogP contribution in [0, 0.1) is 5.82 Å². The lowest BCUT2D eigenvalue weighted by atomic mass is 9.97. The Morgan fingerprint density at radius 1 is 1.21 bits per heavy atom. The van der Waals surface area contributed by atoms with Gasteiger partial charge in [0.2, 0.25) is 0 Å². The van der Waals surface area contributed by atoms with Gasteiger partial charge in [0.15, 0.2) is 0 Å². The van der Waals surface area contributed by atoms with Gasteiger partial charge in [0.05, 0.1) is 4.47 Å². The molecule has 2 rings (SSSR count). The highest BCUT2D eigenvalue weighted by molar-refractivity contribution is 9.10. The van der Waals surface area contributed by atoms with Gasteiger partial charge < -0.3 is 9.84 Å². The highest BCUT2D eigenvalue weighted by Crippen LogP contribution is 2.24. The van der Waals surface area contributed by atoms with Crippen molar-refractivity contribution >= 4 is 15.9 Å². The fraction of sp³-hybridized carbons (Fsp3) is 0.200. The summed E-state index contributed by atoms with van der Waals surface area (Å²) < 4.78 is 19.2. The third kappa shape index (κ3) is 3.55. The summed E-state index contributed by atoms with van der Waals surface area (Å²) in [7, 11) is 0. The number of halogens is 2. The van der Waals surface area contributed by atoms with Gasteiger partial charge in [0, 0.05) is 6.07 Å². The van der Waals surface area contributed by atoms with Crippen molar-refractivity contribution in [2.75, 3.05) is 6.61 Å². The molecule has 0 aliphatic heterocycles. The number of rotatable bonds is 4. The van der Waals surface area contributed by atoms with Gasteiger partial charge in [-0.15, -0.1) is 0 Å². The van der Waals surface area contributed by atoms with E-state index < -0.39 is 11.4 Å². The molecular formula is C15H14BrFO2. The summed E-state index contributed by atoms with van der Waals surface area (Å²) in [4.78, 5) is 0. The van der Waals surface area contributed by atoms with Crippen LogP contribution >= 0.6 is 15.9 Å². The molecule has 1 unspecified atom stereocenters. The SMILES string of the molecule is CC(O)(COc1ccc(Br)c(F)c1)c1ccccc1. The Hall–Kier alpha value is -1.39. The van der Waals surface area contributed by atoms with E-state index in [0.717, 1.165) is 5.56 Å². The van der Waals surface area contributed by atoms with Gasteiger partial charge in [-0.3, -0.25) is 0 Å². The molecule has 0 fully saturated rings. The van der Waals surface area contributed by atoms with Crippen molar-refractivity contribution < 1.29 is 14.2 Å². The van der Waals surface area contributed by atoms with Crippen LogP contribution in [-0.4, -0.2) is 11.7 Å². The molecule has 0 aliphatic carbocycles. The molecule has 0 radical (unpaired) electrons. The summed E-state index contributed by atoms with van der Waals surface area (Å²) in [5.41, 5.74) is -0.363. The number of benzene rings is 2. The van der Waals surface area contributed by atoms with Crippen LogP contribution in [0.4, 0.5) is 4.39 Å². The standard InChI is InChI=1S/C15H14BrFO2/c1-15(18,11-5-3-2-4-6-11)10-19-12-7-8-13(16)14(17)9-12/h2-9,18H,10H2,1H3. The predicted octanol–water partition coefficient (Wildman–Crippen LogP) is 3.87. The maximum absolute atomic E-state index is 13.3. The smallest absolute Gasteiger partial charge is 0.141 e. The van der Waals surface area contributed by atoms with Gasteiger partial charge >= 0.3 is 0 Å². The highest BCUT2D eigenvalue weighted by Gasteiger charge is 2.23. The highest BCUT2D eigenvalue weighted by atomic mass is 79.9. The van der Waals surface area contributed by atoms with Gasteiger partial charge in [-0.25, -0.2) is 4.39 Å². The topological polar surface area (TPSA) is 29.5 Å². The zero-order chi connectivity index (χ0) is 13.9. The van der Waals surface area contributed by atoms with E-state index in [4.69, 9.17) is 4.74 Å². The second kappa shape index (κ2) is 5.72. The van der Waals surface area contributed by atoms with E-state index in [2.05, 4.69) is 15.9 Å². The average molecular weight is 325 g/mol. The van der Waals surface area contributed by atoms with E-state index in [1.165, 1.54) is 6.07 Å². The van der Waals surface area contributed by atoms with Crippen LogP contribution in [0.25, 0.3) is 0 Å². The van der Waals surface area contributed by atoms with Gasteiger partial charge in [0.25, 0.3) is 0 Å². The molecule has 0 bridgehead atoms. The summed E-state index contributed by atoms with van der Waals surface area (Å²) in [6, 6.07) is 13.7. The van der Waals surface area contributed by atoms with Crippen LogP contribution in [0.3, 0.4) is 0 Å². The summed E-state index contributed by atoms with van der Waals surface area (Å²) in [5.74, 6) is -0.00578. The number of aliphatic hydroxyl groups is 1. The van der Waals surface area contributed by atoms with Crippen LogP contribution in [0.1, 0.15) is 12.5 Å². The Labute approximate surface area is 120 Å². The summed E-state index contributed by atoms with van der Waals surface area (Å²) >= 11 is 3.08. The molecule has 0 saturated carbocycles. The quantitative estimate of drug-likeness (QED) is 0.924. The Morgan fingerprint density at radius 3 is 2.53 bits per heavy atom. The first kappa shape index (κ1) is 14.0. The number of ether oxygens (including phenoxy) is 1. The lowest BCUT2D eigenvalue weighted by Gasteiger charge is -2.24. The molecule has 0 heterocycles. The molecular weight excluding hydrogens is 311 g/mol. The molecule has 0 aromatic heterocycles. The first-order valence-electron chi connectivity index (χ1n) is 5.85. The molecule has 0 spiro atoms. The van der Waals surface area contributed by atoms with Crippen molar-refractivity contribution in [2.45, 2.75) is 12.5 Å². The van der Waals surface area contributed by atoms with Crippen LogP contribution < -0.4 is 4.74 Å². The minimum absolute atomic E-state index is 0.0537. The molecule has 1 N–H and O–H groups in total. The minimum atomic E-state index is -1.12. The summed E-state index contributed by atoms with van der Waals surface area (Å²) in [6.07, 6.45) is 0. The second-order valence-electron chi connectivity index (χ2n) is 4.50. The zero-order valence-electron chi connectivity index (χ0n) is 10.4. The molecule has 2 aromatic carbocycles. The van der Waals surface area contributed by atoms with E-state index in [1.54, 1.807) is 19.1 Å². The Balaban J connectivity index is 2.07. The van der Waals surface area contributed by atoms with Crippen molar-refractivity contribution in [3.8, 4) is 5.75 Å². The fourth-order valence-corrected chi connectivity index (χ4v) is 1.92. The van der Waals surface area contributed by atoms with Gasteiger partial charge in [-0.1, -0.05) is 30.3 Å². The van der Waals surface area contributed by atoms with Crippen molar-refractivity contribution in [1.82, 2.24) is 0 Å². The van der Waals surface area contributed by atoms with Gasteiger partial charge in [-0.2, -0.15) is 0 Å². The summed E-state index contributed by atoms with van der Waals surface area (Å²) in [6.45, 7) is 1.72. The molecule has 2 aromatic rings. The van der Waals surface area contributed by atoms with Gasteiger partial charge in [-0.05, 0) is 40.5 Å². The third-order valence-corrected chi connectivity index (χ3v) is 3.45. The maximum Gasteiger partial charge on any atom is 0.141 e. The normalized spacial score (nSPS) is 13.9. The van der Waals surface area contributed by atoms with Crippen molar-refractivity contribution in [3.05, 3.63) is 64.4 Å². The molecule has 0 amide bonds. The predicted molar refractivity (Wildman–Crippen MR) is 75.6 cm³/mol. The number of hydrogen-bond acceptors (Lipinski definition) is 2. The lowest BCUT2D eigenvalue weighted by Crippen LogP contribution is -2.29. The second-order valence-corrected chi connectivity index (χ2v) is 5.36. The fourth-order valence-electron chi connectivity index (χ4n) is 1.67. The van der Waals surface area contributed by atoms with Crippen LogP contribution in [-0.2, 0) is 5.60 Å². The molecule has 2 nitrogen and oxygen atoms in total. The van der Waals surface area contributed by atoms with Crippen molar-refractivity contribution in [2.24, 2.45) is 0 Å². The molecule has 0 saturated heterocycles. The van der Waals surface area contributed by atoms with E-state index in [9.17, 15) is 9.50 Å². The maximum atomic E-state index is 13.3. The Bertz CT molecular complexity index is 555. The summed E-state index contributed by atoms with van der Waals surface area (Å²) in [5, 5.41) is 10.3.